The molecule has 0 radical (unpaired) electrons. The van der Waals surface area contributed by atoms with Gasteiger partial charge in [-0.2, -0.15) is 0 Å². The van der Waals surface area contributed by atoms with Crippen molar-refractivity contribution in [1.82, 2.24) is 0 Å². The highest BCUT2D eigenvalue weighted by Crippen LogP contribution is 2.23. The molecule has 1 unspecified atom stereocenters. The third kappa shape index (κ3) is 2.83. The van der Waals surface area contributed by atoms with Crippen molar-refractivity contribution < 1.29 is 5.11 Å². The van der Waals surface area contributed by atoms with Crippen molar-refractivity contribution in [2.75, 3.05) is 5.32 Å². The van der Waals surface area contributed by atoms with E-state index in [4.69, 9.17) is 0 Å². The van der Waals surface area contributed by atoms with Gasteiger partial charge < -0.3 is 10.4 Å². The third-order valence-electron chi connectivity index (χ3n) is 3.16. The molecular formula is C16H19NO. The van der Waals surface area contributed by atoms with Crippen LogP contribution in [0.1, 0.15) is 31.0 Å². The number of rotatable bonds is 4. The van der Waals surface area contributed by atoms with Crippen LogP contribution in [0.15, 0.2) is 48.5 Å². The summed E-state index contributed by atoms with van der Waals surface area (Å²) in [5, 5.41) is 12.8. The van der Waals surface area contributed by atoms with Crippen LogP contribution in [0.2, 0.25) is 0 Å². The SMILES string of the molecule is CCc1ccccc1NC(C)c1ccc(O)cc1. The molecule has 94 valence electrons. The molecule has 18 heavy (non-hydrogen) atoms. The molecule has 0 saturated heterocycles. The first-order chi connectivity index (χ1) is 8.70. The molecule has 0 bridgehead atoms. The molecule has 2 rings (SSSR count). The largest absolute Gasteiger partial charge is 0.508 e. The lowest BCUT2D eigenvalue weighted by molar-refractivity contribution is 0.475. The van der Waals surface area contributed by atoms with Gasteiger partial charge >= 0.3 is 0 Å². The summed E-state index contributed by atoms with van der Waals surface area (Å²) in [6.45, 7) is 4.28. The molecule has 2 N–H and O–H groups in total. The maximum absolute atomic E-state index is 9.29. The van der Waals surface area contributed by atoms with Crippen LogP contribution in [0.25, 0.3) is 0 Å². The van der Waals surface area contributed by atoms with E-state index in [0.29, 0.717) is 5.75 Å². The average molecular weight is 241 g/mol. The van der Waals surface area contributed by atoms with E-state index in [-0.39, 0.29) is 6.04 Å². The number of aromatic hydroxyl groups is 1. The van der Waals surface area contributed by atoms with Crippen LogP contribution in [0.5, 0.6) is 5.75 Å². The number of hydrogen-bond donors (Lipinski definition) is 2. The predicted molar refractivity (Wildman–Crippen MR) is 76.0 cm³/mol. The minimum atomic E-state index is 0.221. The Balaban J connectivity index is 2.15. The molecule has 2 aromatic rings. The van der Waals surface area contributed by atoms with Gasteiger partial charge in [0.1, 0.15) is 5.75 Å². The van der Waals surface area contributed by atoms with Crippen molar-refractivity contribution in [3.05, 3.63) is 59.7 Å². The van der Waals surface area contributed by atoms with Gasteiger partial charge in [0, 0.05) is 11.7 Å². The van der Waals surface area contributed by atoms with E-state index >= 15 is 0 Å². The standard InChI is InChI=1S/C16H19NO/c1-3-13-6-4-5-7-16(13)17-12(2)14-8-10-15(18)11-9-14/h4-12,17-18H,3H2,1-2H3. The second kappa shape index (κ2) is 5.58. The number of nitrogens with one attached hydrogen (secondary N) is 1. The molecule has 0 aliphatic heterocycles. The van der Waals surface area contributed by atoms with Crippen molar-refractivity contribution in [3.63, 3.8) is 0 Å². The second-order valence-corrected chi connectivity index (χ2v) is 4.47. The maximum atomic E-state index is 9.29. The molecule has 2 heteroatoms. The quantitative estimate of drug-likeness (QED) is 0.843. The first-order valence-corrected chi connectivity index (χ1v) is 6.34. The highest BCUT2D eigenvalue weighted by atomic mass is 16.3. The zero-order chi connectivity index (χ0) is 13.0. The van der Waals surface area contributed by atoms with Crippen molar-refractivity contribution >= 4 is 5.69 Å². The Labute approximate surface area is 108 Å². The summed E-state index contributed by atoms with van der Waals surface area (Å²) in [5.74, 6) is 0.305. The number of hydrogen-bond acceptors (Lipinski definition) is 2. The summed E-state index contributed by atoms with van der Waals surface area (Å²) in [4.78, 5) is 0. The van der Waals surface area contributed by atoms with Gasteiger partial charge in [-0.25, -0.2) is 0 Å². The zero-order valence-corrected chi connectivity index (χ0v) is 10.9. The summed E-state index contributed by atoms with van der Waals surface area (Å²) in [7, 11) is 0. The zero-order valence-electron chi connectivity index (χ0n) is 10.9. The number of anilines is 1. The van der Waals surface area contributed by atoms with Crippen LogP contribution in [0.4, 0.5) is 5.69 Å². The van der Waals surface area contributed by atoms with E-state index in [0.717, 1.165) is 6.42 Å². The van der Waals surface area contributed by atoms with E-state index in [1.165, 1.54) is 16.8 Å². The lowest BCUT2D eigenvalue weighted by atomic mass is 10.1. The molecule has 2 nitrogen and oxygen atoms in total. The first-order valence-electron chi connectivity index (χ1n) is 6.34. The van der Waals surface area contributed by atoms with Crippen LogP contribution in [-0.2, 0) is 6.42 Å². The summed E-state index contributed by atoms with van der Waals surface area (Å²) >= 11 is 0. The van der Waals surface area contributed by atoms with Gasteiger partial charge in [0.2, 0.25) is 0 Å². The minimum absolute atomic E-state index is 0.221. The number of aryl methyl sites for hydroxylation is 1. The lowest BCUT2D eigenvalue weighted by Crippen LogP contribution is -2.08. The summed E-state index contributed by atoms with van der Waals surface area (Å²) in [5.41, 5.74) is 3.67. The maximum Gasteiger partial charge on any atom is 0.115 e. The highest BCUT2D eigenvalue weighted by molar-refractivity contribution is 5.52. The Kier molecular flexibility index (Phi) is 3.88. The highest BCUT2D eigenvalue weighted by Gasteiger charge is 2.07. The molecule has 1 atom stereocenters. The Morgan fingerprint density at radius 1 is 1.06 bits per heavy atom. The van der Waals surface area contributed by atoms with Gasteiger partial charge in [-0.15, -0.1) is 0 Å². The fraction of sp³-hybridized carbons (Fsp3) is 0.250. The van der Waals surface area contributed by atoms with Crippen LogP contribution in [0, 0.1) is 0 Å². The Morgan fingerprint density at radius 3 is 2.39 bits per heavy atom. The van der Waals surface area contributed by atoms with E-state index in [1.54, 1.807) is 12.1 Å². The van der Waals surface area contributed by atoms with Crippen LogP contribution in [-0.4, -0.2) is 5.11 Å². The van der Waals surface area contributed by atoms with Gasteiger partial charge in [-0.1, -0.05) is 37.3 Å². The molecular weight excluding hydrogens is 222 g/mol. The lowest BCUT2D eigenvalue weighted by Gasteiger charge is -2.18. The first kappa shape index (κ1) is 12.5. The Morgan fingerprint density at radius 2 is 1.72 bits per heavy atom. The van der Waals surface area contributed by atoms with Gasteiger partial charge in [0.15, 0.2) is 0 Å². The van der Waals surface area contributed by atoms with Gasteiger partial charge in [0.25, 0.3) is 0 Å². The topological polar surface area (TPSA) is 32.3 Å². The molecule has 0 aliphatic carbocycles. The van der Waals surface area contributed by atoms with Gasteiger partial charge in [-0.3, -0.25) is 0 Å². The van der Waals surface area contributed by atoms with Crippen molar-refractivity contribution in [1.29, 1.82) is 0 Å². The molecule has 0 spiro atoms. The number of phenols is 1. The van der Waals surface area contributed by atoms with Crippen molar-refractivity contribution in [2.24, 2.45) is 0 Å². The fourth-order valence-electron chi connectivity index (χ4n) is 2.05. The fourth-order valence-corrected chi connectivity index (χ4v) is 2.05. The van der Waals surface area contributed by atoms with Crippen molar-refractivity contribution in [2.45, 2.75) is 26.3 Å². The summed E-state index contributed by atoms with van der Waals surface area (Å²) in [6, 6.07) is 15.9. The molecule has 0 fully saturated rings. The Bertz CT molecular complexity index is 505. The number of benzene rings is 2. The van der Waals surface area contributed by atoms with Crippen LogP contribution in [0.3, 0.4) is 0 Å². The molecule has 0 amide bonds. The van der Waals surface area contributed by atoms with Gasteiger partial charge in [0.05, 0.1) is 0 Å². The van der Waals surface area contributed by atoms with Crippen LogP contribution >= 0.6 is 0 Å². The van der Waals surface area contributed by atoms with E-state index in [1.807, 2.05) is 18.2 Å². The normalized spacial score (nSPS) is 12.1. The average Bonchev–Trinajstić information content (AvgIpc) is 2.40. The Hall–Kier alpha value is -1.96. The van der Waals surface area contributed by atoms with Crippen molar-refractivity contribution in [3.8, 4) is 5.75 Å². The predicted octanol–water partition coefficient (Wildman–Crippen LogP) is 4.13. The summed E-state index contributed by atoms with van der Waals surface area (Å²) < 4.78 is 0. The second-order valence-electron chi connectivity index (χ2n) is 4.47. The summed E-state index contributed by atoms with van der Waals surface area (Å²) in [6.07, 6.45) is 1.02. The molecule has 0 aliphatic rings. The monoisotopic (exact) mass is 241 g/mol. The molecule has 2 aromatic carbocycles. The molecule has 0 aromatic heterocycles. The van der Waals surface area contributed by atoms with Gasteiger partial charge in [-0.05, 0) is 42.7 Å². The third-order valence-corrected chi connectivity index (χ3v) is 3.16. The molecule has 0 saturated carbocycles. The smallest absolute Gasteiger partial charge is 0.115 e. The van der Waals surface area contributed by atoms with Crippen LogP contribution < -0.4 is 5.32 Å². The van der Waals surface area contributed by atoms with E-state index < -0.39 is 0 Å². The van der Waals surface area contributed by atoms with E-state index in [2.05, 4.69) is 37.4 Å². The minimum Gasteiger partial charge on any atom is -0.508 e. The molecule has 0 heterocycles. The number of para-hydroxylation sites is 1. The number of phenolic OH excluding ortho intramolecular Hbond substituents is 1. The van der Waals surface area contributed by atoms with E-state index in [9.17, 15) is 5.11 Å².